The topological polar surface area (TPSA) is 76.3 Å². The smallest absolute Gasteiger partial charge is 0.311 e. The van der Waals surface area contributed by atoms with E-state index in [4.69, 9.17) is 0 Å². The molecule has 2 aromatic carbocycles. The van der Waals surface area contributed by atoms with Crippen LogP contribution in [0.5, 0.6) is 0 Å². The van der Waals surface area contributed by atoms with E-state index in [1.54, 1.807) is 0 Å². The highest BCUT2D eigenvalue weighted by molar-refractivity contribution is 5.61. The third-order valence-electron chi connectivity index (χ3n) is 4.13. The molecule has 3 rings (SSSR count). The van der Waals surface area contributed by atoms with Gasteiger partial charge >= 0.3 is 5.69 Å². The summed E-state index contributed by atoms with van der Waals surface area (Å²) in [6.45, 7) is 0.933. The van der Waals surface area contributed by atoms with Crippen molar-refractivity contribution in [2.75, 3.05) is 4.90 Å². The zero-order chi connectivity index (χ0) is 19.1. The molecule has 0 amide bonds. The fourth-order valence-corrected chi connectivity index (χ4v) is 2.87. The minimum atomic E-state index is -0.435. The summed E-state index contributed by atoms with van der Waals surface area (Å²) in [5.74, 6) is 0.270. The van der Waals surface area contributed by atoms with Gasteiger partial charge in [-0.25, -0.2) is 4.98 Å². The summed E-state index contributed by atoms with van der Waals surface area (Å²) >= 11 is 0. The number of aromatic nitrogens is 1. The number of hydrogen-bond acceptors (Lipinski definition) is 5. The van der Waals surface area contributed by atoms with E-state index in [-0.39, 0.29) is 17.9 Å². The van der Waals surface area contributed by atoms with Gasteiger partial charge in [-0.15, -0.1) is 0 Å². The SMILES string of the molecule is O=CCc1ccc([N+](=O)[O-])c(N(Cc2ccccc2)Cc2ccccc2)n1. The van der Waals surface area contributed by atoms with E-state index in [9.17, 15) is 14.9 Å². The van der Waals surface area contributed by atoms with Crippen LogP contribution < -0.4 is 4.90 Å². The normalized spacial score (nSPS) is 10.4. The van der Waals surface area contributed by atoms with E-state index in [0.717, 1.165) is 17.4 Å². The second-order valence-electron chi connectivity index (χ2n) is 6.10. The lowest BCUT2D eigenvalue weighted by atomic mass is 10.1. The van der Waals surface area contributed by atoms with Crippen LogP contribution in [0.3, 0.4) is 0 Å². The van der Waals surface area contributed by atoms with Gasteiger partial charge in [-0.05, 0) is 17.2 Å². The van der Waals surface area contributed by atoms with Crippen molar-refractivity contribution >= 4 is 17.8 Å². The van der Waals surface area contributed by atoms with Crippen LogP contribution in [0.25, 0.3) is 0 Å². The van der Waals surface area contributed by atoms with Crippen molar-refractivity contribution in [1.29, 1.82) is 0 Å². The number of carbonyl (C=O) groups excluding carboxylic acids is 1. The molecule has 1 aromatic heterocycles. The summed E-state index contributed by atoms with van der Waals surface area (Å²) in [6, 6.07) is 22.4. The number of aldehydes is 1. The van der Waals surface area contributed by atoms with Gasteiger partial charge in [-0.1, -0.05) is 60.7 Å². The van der Waals surface area contributed by atoms with Gasteiger partial charge in [-0.3, -0.25) is 10.1 Å². The lowest BCUT2D eigenvalue weighted by molar-refractivity contribution is -0.384. The highest BCUT2D eigenvalue weighted by atomic mass is 16.6. The van der Waals surface area contributed by atoms with E-state index >= 15 is 0 Å². The van der Waals surface area contributed by atoms with Crippen LogP contribution in [-0.4, -0.2) is 16.2 Å². The van der Waals surface area contributed by atoms with E-state index in [2.05, 4.69) is 4.98 Å². The van der Waals surface area contributed by atoms with Crippen LogP contribution in [0.2, 0.25) is 0 Å². The summed E-state index contributed by atoms with van der Waals surface area (Å²) in [7, 11) is 0. The summed E-state index contributed by atoms with van der Waals surface area (Å²) in [6.07, 6.45) is 0.867. The van der Waals surface area contributed by atoms with E-state index in [0.29, 0.717) is 18.8 Å². The molecule has 0 atom stereocenters. The van der Waals surface area contributed by atoms with Crippen LogP contribution in [0.4, 0.5) is 11.5 Å². The Kier molecular flexibility index (Phi) is 5.89. The fraction of sp³-hybridized carbons (Fsp3) is 0.143. The number of nitro groups is 1. The summed E-state index contributed by atoms with van der Waals surface area (Å²) < 4.78 is 0. The molecule has 1 heterocycles. The maximum Gasteiger partial charge on any atom is 0.311 e. The fourth-order valence-electron chi connectivity index (χ4n) is 2.87. The van der Waals surface area contributed by atoms with Gasteiger partial charge in [-0.2, -0.15) is 0 Å². The molecule has 0 aliphatic heterocycles. The number of anilines is 1. The zero-order valence-electron chi connectivity index (χ0n) is 14.7. The summed E-state index contributed by atoms with van der Waals surface area (Å²) in [5, 5.41) is 11.6. The Labute approximate surface area is 157 Å². The molecule has 6 heteroatoms. The molecule has 0 N–H and O–H groups in total. The number of benzene rings is 2. The van der Waals surface area contributed by atoms with Gasteiger partial charge in [0.2, 0.25) is 5.82 Å². The first-order chi connectivity index (χ1) is 13.2. The van der Waals surface area contributed by atoms with Crippen molar-refractivity contribution in [3.63, 3.8) is 0 Å². The molecule has 0 saturated heterocycles. The van der Waals surface area contributed by atoms with Crippen LogP contribution in [0.15, 0.2) is 72.8 Å². The quantitative estimate of drug-likeness (QED) is 0.345. The van der Waals surface area contributed by atoms with Crippen molar-refractivity contribution in [1.82, 2.24) is 4.98 Å². The lowest BCUT2D eigenvalue weighted by Gasteiger charge is -2.24. The van der Waals surface area contributed by atoms with E-state index < -0.39 is 4.92 Å². The third kappa shape index (κ3) is 4.76. The molecule has 0 radical (unpaired) electrons. The Morgan fingerprint density at radius 3 is 1.93 bits per heavy atom. The van der Waals surface area contributed by atoms with E-state index in [1.807, 2.05) is 65.6 Å². The molecule has 0 spiro atoms. The molecule has 3 aromatic rings. The van der Waals surface area contributed by atoms with Gasteiger partial charge in [0.15, 0.2) is 0 Å². The van der Waals surface area contributed by atoms with Crippen LogP contribution in [-0.2, 0) is 24.3 Å². The molecule has 0 aliphatic carbocycles. The van der Waals surface area contributed by atoms with Gasteiger partial charge < -0.3 is 9.69 Å². The first-order valence-corrected chi connectivity index (χ1v) is 8.58. The Bertz CT molecular complexity index is 873. The molecule has 6 nitrogen and oxygen atoms in total. The van der Waals surface area contributed by atoms with E-state index in [1.165, 1.54) is 12.1 Å². The maximum atomic E-state index is 11.6. The predicted molar refractivity (Wildman–Crippen MR) is 103 cm³/mol. The molecule has 0 saturated carbocycles. The largest absolute Gasteiger partial charge is 0.342 e. The number of carbonyl (C=O) groups is 1. The molecule has 0 fully saturated rings. The molecule has 0 aliphatic rings. The average molecular weight is 361 g/mol. The molecular formula is C21H19N3O3. The Balaban J connectivity index is 2.03. The van der Waals surface area contributed by atoms with Crippen LogP contribution >= 0.6 is 0 Å². The second kappa shape index (κ2) is 8.71. The highest BCUT2D eigenvalue weighted by Gasteiger charge is 2.22. The predicted octanol–water partition coefficient (Wildman–Crippen LogP) is 3.94. The minimum Gasteiger partial charge on any atom is -0.342 e. The molecule has 27 heavy (non-hydrogen) atoms. The number of rotatable bonds is 8. The standard InChI is InChI=1S/C21H19N3O3/c25-14-13-19-11-12-20(24(26)27)21(22-19)23(15-17-7-3-1-4-8-17)16-18-9-5-2-6-10-18/h1-12,14H,13,15-16H2. The Hall–Kier alpha value is -3.54. The van der Waals surface area contributed by atoms with Crippen LogP contribution in [0, 0.1) is 10.1 Å². The Morgan fingerprint density at radius 1 is 0.889 bits per heavy atom. The Morgan fingerprint density at radius 2 is 1.44 bits per heavy atom. The molecular weight excluding hydrogens is 342 g/mol. The first kappa shape index (κ1) is 18.3. The van der Waals surface area contributed by atoms with Crippen molar-refractivity contribution in [2.24, 2.45) is 0 Å². The number of nitrogens with zero attached hydrogens (tertiary/aromatic N) is 3. The highest BCUT2D eigenvalue weighted by Crippen LogP contribution is 2.29. The lowest BCUT2D eigenvalue weighted by Crippen LogP contribution is -2.24. The monoisotopic (exact) mass is 361 g/mol. The van der Waals surface area contributed by atoms with Crippen molar-refractivity contribution < 1.29 is 9.72 Å². The number of pyridine rings is 1. The van der Waals surface area contributed by atoms with Gasteiger partial charge in [0.25, 0.3) is 0 Å². The maximum absolute atomic E-state index is 11.6. The van der Waals surface area contributed by atoms with Crippen molar-refractivity contribution in [3.05, 3.63) is 99.7 Å². The second-order valence-corrected chi connectivity index (χ2v) is 6.10. The van der Waals surface area contributed by atoms with Crippen LogP contribution in [0.1, 0.15) is 16.8 Å². The summed E-state index contributed by atoms with van der Waals surface area (Å²) in [5.41, 5.74) is 2.48. The van der Waals surface area contributed by atoms with Crippen molar-refractivity contribution in [3.8, 4) is 0 Å². The first-order valence-electron chi connectivity index (χ1n) is 8.58. The molecule has 136 valence electrons. The summed E-state index contributed by atoms with van der Waals surface area (Å²) in [4.78, 5) is 28.3. The average Bonchev–Trinajstić information content (AvgIpc) is 2.69. The van der Waals surface area contributed by atoms with Crippen molar-refractivity contribution in [2.45, 2.75) is 19.5 Å². The minimum absolute atomic E-state index is 0.0727. The van der Waals surface area contributed by atoms with Gasteiger partial charge in [0.05, 0.1) is 10.6 Å². The number of hydrogen-bond donors (Lipinski definition) is 0. The van der Waals surface area contributed by atoms with Gasteiger partial charge in [0.1, 0.15) is 6.29 Å². The third-order valence-corrected chi connectivity index (χ3v) is 4.13. The molecule has 0 unspecified atom stereocenters. The zero-order valence-corrected chi connectivity index (χ0v) is 14.7. The molecule has 0 bridgehead atoms. The van der Waals surface area contributed by atoms with Gasteiger partial charge in [0, 0.05) is 25.6 Å².